The number of phenols is 1. The molecule has 7 heteroatoms. The van der Waals surface area contributed by atoms with Crippen molar-refractivity contribution < 1.29 is 14.6 Å². The number of anilines is 1. The van der Waals surface area contributed by atoms with Gasteiger partial charge in [-0.1, -0.05) is 30.1 Å². The molecule has 0 heterocycles. The molecule has 0 unspecified atom stereocenters. The number of carbonyl (C=O) groups excluding carboxylic acids is 1. The molecule has 0 spiro atoms. The summed E-state index contributed by atoms with van der Waals surface area (Å²) >= 11 is 12.1. The number of nitrogens with zero attached hydrogens (tertiary/aromatic N) is 1. The van der Waals surface area contributed by atoms with Crippen molar-refractivity contribution in [1.29, 1.82) is 0 Å². The number of aromatic hydroxyl groups is 1. The first-order valence-electron chi connectivity index (χ1n) is 7.64. The molecule has 0 aliphatic rings. The van der Waals surface area contributed by atoms with Crippen LogP contribution in [0.2, 0.25) is 10.0 Å². The third-order valence-corrected chi connectivity index (χ3v) is 3.88. The molecule has 0 aliphatic heterocycles. The molecule has 0 atom stereocenters. The Morgan fingerprint density at radius 1 is 1.32 bits per heavy atom. The van der Waals surface area contributed by atoms with E-state index in [9.17, 15) is 9.90 Å². The van der Waals surface area contributed by atoms with Gasteiger partial charge in [-0.25, -0.2) is 0 Å². The molecule has 0 aliphatic carbocycles. The summed E-state index contributed by atoms with van der Waals surface area (Å²) in [6.45, 7) is 1.93. The fraction of sp³-hybridized carbons (Fsp3) is 0.222. The molecule has 0 saturated heterocycles. The molecule has 0 saturated carbocycles. The lowest BCUT2D eigenvalue weighted by molar-refractivity contribution is -0.116. The quantitative estimate of drug-likeness (QED) is 0.676. The van der Waals surface area contributed by atoms with Crippen LogP contribution in [0, 0.1) is 0 Å². The first-order valence-corrected chi connectivity index (χ1v) is 8.40. The second kappa shape index (κ2) is 8.74. The van der Waals surface area contributed by atoms with E-state index in [2.05, 4.69) is 10.3 Å². The molecule has 0 radical (unpaired) electrons. The van der Waals surface area contributed by atoms with Crippen molar-refractivity contribution in [3.05, 3.63) is 45.9 Å². The molecule has 2 N–H and O–H groups in total. The number of rotatable bonds is 6. The van der Waals surface area contributed by atoms with Crippen LogP contribution in [0.25, 0.3) is 0 Å². The lowest BCUT2D eigenvalue weighted by Gasteiger charge is -2.08. The Morgan fingerprint density at radius 3 is 2.76 bits per heavy atom. The summed E-state index contributed by atoms with van der Waals surface area (Å²) in [7, 11) is 1.44. The van der Waals surface area contributed by atoms with Gasteiger partial charge >= 0.3 is 0 Å². The molecule has 2 rings (SSSR count). The van der Waals surface area contributed by atoms with Crippen molar-refractivity contribution in [2.45, 2.75) is 19.8 Å². The van der Waals surface area contributed by atoms with Gasteiger partial charge in [0.2, 0.25) is 5.91 Å². The number of methoxy groups -OCH3 is 1. The number of phenolic OH excluding ortho intramolecular Hbond substituents is 1. The van der Waals surface area contributed by atoms with Crippen molar-refractivity contribution in [3.63, 3.8) is 0 Å². The molecular weight excluding hydrogens is 363 g/mol. The SMILES string of the molecule is CCCC(=O)Nc1ccc(Cl)c(N=Cc2cc(Cl)cc(OC)c2O)c1. The monoisotopic (exact) mass is 380 g/mol. The van der Waals surface area contributed by atoms with E-state index in [4.69, 9.17) is 27.9 Å². The third kappa shape index (κ3) is 5.11. The van der Waals surface area contributed by atoms with Crippen molar-refractivity contribution in [2.24, 2.45) is 4.99 Å². The maximum absolute atomic E-state index is 11.7. The molecule has 2 aromatic rings. The molecule has 0 bridgehead atoms. The summed E-state index contributed by atoms with van der Waals surface area (Å²) in [5, 5.41) is 13.7. The van der Waals surface area contributed by atoms with Crippen molar-refractivity contribution in [1.82, 2.24) is 0 Å². The highest BCUT2D eigenvalue weighted by Gasteiger charge is 2.09. The standard InChI is InChI=1S/C18H18Cl2N2O3/c1-3-4-17(23)22-13-5-6-14(20)15(9-13)21-10-11-7-12(19)8-16(25-2)18(11)24/h5-10,24H,3-4H2,1-2H3,(H,22,23). The van der Waals surface area contributed by atoms with E-state index in [-0.39, 0.29) is 17.4 Å². The highest BCUT2D eigenvalue weighted by molar-refractivity contribution is 6.33. The average molecular weight is 381 g/mol. The van der Waals surface area contributed by atoms with Crippen LogP contribution < -0.4 is 10.1 Å². The van der Waals surface area contributed by atoms with Gasteiger partial charge in [0.1, 0.15) is 0 Å². The number of ether oxygens (including phenoxy) is 1. The van der Waals surface area contributed by atoms with E-state index < -0.39 is 0 Å². The number of hydrogen-bond donors (Lipinski definition) is 2. The van der Waals surface area contributed by atoms with E-state index in [1.165, 1.54) is 19.4 Å². The van der Waals surface area contributed by atoms with Crippen molar-refractivity contribution >= 4 is 46.7 Å². The zero-order valence-corrected chi connectivity index (χ0v) is 15.4. The molecule has 2 aromatic carbocycles. The molecule has 5 nitrogen and oxygen atoms in total. The lowest BCUT2D eigenvalue weighted by atomic mass is 10.2. The third-order valence-electron chi connectivity index (χ3n) is 3.34. The van der Waals surface area contributed by atoms with Crippen LogP contribution >= 0.6 is 23.2 Å². The Morgan fingerprint density at radius 2 is 2.08 bits per heavy atom. The highest BCUT2D eigenvalue weighted by Crippen LogP contribution is 2.33. The van der Waals surface area contributed by atoms with Crippen LogP contribution in [0.15, 0.2) is 35.3 Å². The summed E-state index contributed by atoms with van der Waals surface area (Å²) in [6, 6.07) is 8.07. The molecule has 25 heavy (non-hydrogen) atoms. The lowest BCUT2D eigenvalue weighted by Crippen LogP contribution is -2.10. The van der Waals surface area contributed by atoms with E-state index in [0.29, 0.717) is 33.4 Å². The van der Waals surface area contributed by atoms with Gasteiger partial charge in [0.15, 0.2) is 11.5 Å². The predicted octanol–water partition coefficient (Wildman–Crippen LogP) is 5.20. The van der Waals surface area contributed by atoms with Gasteiger partial charge in [-0.05, 0) is 30.7 Å². The van der Waals surface area contributed by atoms with Gasteiger partial charge < -0.3 is 15.2 Å². The summed E-state index contributed by atoms with van der Waals surface area (Å²) in [4.78, 5) is 16.0. The van der Waals surface area contributed by atoms with Gasteiger partial charge in [-0.2, -0.15) is 0 Å². The van der Waals surface area contributed by atoms with Gasteiger partial charge in [-0.15, -0.1) is 0 Å². The second-order valence-corrected chi connectivity index (χ2v) is 6.11. The largest absolute Gasteiger partial charge is 0.504 e. The molecule has 1 amide bonds. The number of carbonyl (C=O) groups is 1. The minimum atomic E-state index is -0.0722. The van der Waals surface area contributed by atoms with Crippen LogP contribution in [0.1, 0.15) is 25.3 Å². The molecular formula is C18H18Cl2N2O3. The molecule has 0 fully saturated rings. The Labute approximate surface area is 156 Å². The first kappa shape index (κ1) is 19.1. The summed E-state index contributed by atoms with van der Waals surface area (Å²) in [6.07, 6.45) is 2.64. The first-order chi connectivity index (χ1) is 11.9. The predicted molar refractivity (Wildman–Crippen MR) is 102 cm³/mol. The number of aliphatic imine (C=N–C) groups is 1. The maximum Gasteiger partial charge on any atom is 0.224 e. The number of benzene rings is 2. The Bertz CT molecular complexity index is 807. The van der Waals surface area contributed by atoms with Crippen LogP contribution in [-0.2, 0) is 4.79 Å². The van der Waals surface area contributed by atoms with E-state index in [1.807, 2.05) is 6.92 Å². The average Bonchev–Trinajstić information content (AvgIpc) is 2.57. The molecule has 0 aromatic heterocycles. The van der Waals surface area contributed by atoms with Gasteiger partial charge in [0.05, 0.1) is 17.8 Å². The van der Waals surface area contributed by atoms with Crippen LogP contribution in [-0.4, -0.2) is 24.3 Å². The fourth-order valence-electron chi connectivity index (χ4n) is 2.13. The van der Waals surface area contributed by atoms with Crippen molar-refractivity contribution in [3.8, 4) is 11.5 Å². The van der Waals surface area contributed by atoms with Crippen LogP contribution in [0.4, 0.5) is 11.4 Å². The van der Waals surface area contributed by atoms with Crippen LogP contribution in [0.5, 0.6) is 11.5 Å². The molecule has 132 valence electrons. The summed E-state index contributed by atoms with van der Waals surface area (Å²) < 4.78 is 5.06. The van der Waals surface area contributed by atoms with Gasteiger partial charge in [-0.3, -0.25) is 9.79 Å². The fourth-order valence-corrected chi connectivity index (χ4v) is 2.51. The van der Waals surface area contributed by atoms with Crippen LogP contribution in [0.3, 0.4) is 0 Å². The minimum absolute atomic E-state index is 0.0702. The second-order valence-electron chi connectivity index (χ2n) is 5.27. The highest BCUT2D eigenvalue weighted by atomic mass is 35.5. The Hall–Kier alpha value is -2.24. The minimum Gasteiger partial charge on any atom is -0.504 e. The van der Waals surface area contributed by atoms with E-state index >= 15 is 0 Å². The zero-order chi connectivity index (χ0) is 18.4. The van der Waals surface area contributed by atoms with E-state index in [0.717, 1.165) is 6.42 Å². The normalized spacial score (nSPS) is 10.9. The van der Waals surface area contributed by atoms with Crippen molar-refractivity contribution in [2.75, 3.05) is 12.4 Å². The zero-order valence-electron chi connectivity index (χ0n) is 13.8. The Balaban J connectivity index is 2.29. The van der Waals surface area contributed by atoms with Gasteiger partial charge in [0.25, 0.3) is 0 Å². The number of amides is 1. The summed E-state index contributed by atoms with van der Waals surface area (Å²) in [5.41, 5.74) is 1.44. The summed E-state index contributed by atoms with van der Waals surface area (Å²) in [5.74, 6) is 0.108. The topological polar surface area (TPSA) is 70.9 Å². The number of halogens is 2. The van der Waals surface area contributed by atoms with Gasteiger partial charge in [0, 0.05) is 35.0 Å². The number of hydrogen-bond acceptors (Lipinski definition) is 4. The Kier molecular flexibility index (Phi) is 6.67. The smallest absolute Gasteiger partial charge is 0.224 e. The number of nitrogens with one attached hydrogen (secondary N) is 1. The van der Waals surface area contributed by atoms with E-state index in [1.54, 1.807) is 24.3 Å². The maximum atomic E-state index is 11.7.